The summed E-state index contributed by atoms with van der Waals surface area (Å²) in [5.74, 6) is 0.529. The van der Waals surface area contributed by atoms with Crippen molar-refractivity contribution in [2.24, 2.45) is 0 Å². The Morgan fingerprint density at radius 3 is 2.30 bits per heavy atom. The van der Waals surface area contributed by atoms with Gasteiger partial charge in [-0.05, 0) is 57.0 Å². The molecule has 0 spiro atoms. The van der Waals surface area contributed by atoms with Gasteiger partial charge in [0.15, 0.2) is 11.5 Å². The van der Waals surface area contributed by atoms with Crippen molar-refractivity contribution < 1.29 is 27.5 Å². The Balaban J connectivity index is 1.73. The van der Waals surface area contributed by atoms with Crippen LogP contribution in [-0.4, -0.2) is 63.2 Å². The van der Waals surface area contributed by atoms with E-state index in [0.29, 0.717) is 35.4 Å². The zero-order valence-electron chi connectivity index (χ0n) is 21.6. The van der Waals surface area contributed by atoms with Gasteiger partial charge in [0.25, 0.3) is 0 Å². The van der Waals surface area contributed by atoms with Gasteiger partial charge in [-0.2, -0.15) is 0 Å². The van der Waals surface area contributed by atoms with E-state index in [9.17, 15) is 18.0 Å². The average Bonchev–Trinajstić information content (AvgIpc) is 2.84. The van der Waals surface area contributed by atoms with Crippen molar-refractivity contribution in [1.82, 2.24) is 10.2 Å². The Bertz CT molecular complexity index is 1200. The van der Waals surface area contributed by atoms with Gasteiger partial charge in [0.2, 0.25) is 21.8 Å². The highest BCUT2D eigenvalue weighted by molar-refractivity contribution is 7.92. The Morgan fingerprint density at radius 1 is 1.03 bits per heavy atom. The van der Waals surface area contributed by atoms with Crippen molar-refractivity contribution in [3.05, 3.63) is 53.1 Å². The molecule has 3 rings (SSSR count). The van der Waals surface area contributed by atoms with E-state index in [4.69, 9.17) is 21.1 Å². The highest BCUT2D eigenvalue weighted by atomic mass is 35.5. The first kappa shape index (κ1) is 28.6. The molecule has 0 saturated heterocycles. The number of carbonyl (C=O) groups excluding carboxylic acids is 2. The van der Waals surface area contributed by atoms with Crippen LogP contribution in [0.15, 0.2) is 42.5 Å². The van der Waals surface area contributed by atoms with E-state index in [-0.39, 0.29) is 43.8 Å². The fourth-order valence-electron chi connectivity index (χ4n) is 3.97. The number of nitrogens with one attached hydrogen (secondary N) is 1. The lowest BCUT2D eigenvalue weighted by atomic mass is 10.1. The van der Waals surface area contributed by atoms with Gasteiger partial charge in [-0.3, -0.25) is 13.9 Å². The first-order chi connectivity index (χ1) is 17.5. The summed E-state index contributed by atoms with van der Waals surface area (Å²) in [6, 6.07) is 11.3. The minimum Gasteiger partial charge on any atom is -0.486 e. The van der Waals surface area contributed by atoms with Crippen LogP contribution in [0.5, 0.6) is 11.5 Å². The van der Waals surface area contributed by atoms with Crippen LogP contribution >= 0.6 is 11.6 Å². The lowest BCUT2D eigenvalue weighted by Gasteiger charge is -2.30. The van der Waals surface area contributed by atoms with Crippen molar-refractivity contribution in [1.29, 1.82) is 0 Å². The maximum atomic E-state index is 13.3. The van der Waals surface area contributed by atoms with E-state index >= 15 is 0 Å². The third kappa shape index (κ3) is 8.00. The summed E-state index contributed by atoms with van der Waals surface area (Å²) in [5, 5.41) is 3.43. The van der Waals surface area contributed by atoms with Crippen molar-refractivity contribution in [3.8, 4) is 11.5 Å². The molecule has 0 aliphatic carbocycles. The zero-order valence-corrected chi connectivity index (χ0v) is 23.1. The third-order valence-corrected chi connectivity index (χ3v) is 7.28. The summed E-state index contributed by atoms with van der Waals surface area (Å²) in [7, 11) is -3.62. The summed E-state index contributed by atoms with van der Waals surface area (Å²) in [6.45, 7) is 6.53. The fourth-order valence-corrected chi connectivity index (χ4v) is 5.05. The van der Waals surface area contributed by atoms with E-state index in [2.05, 4.69) is 5.32 Å². The zero-order chi connectivity index (χ0) is 27.2. The van der Waals surface area contributed by atoms with Crippen LogP contribution in [0, 0.1) is 0 Å². The Morgan fingerprint density at radius 2 is 1.68 bits per heavy atom. The Hall–Kier alpha value is -2.98. The van der Waals surface area contributed by atoms with E-state index in [1.807, 2.05) is 26.0 Å². The quantitative estimate of drug-likeness (QED) is 0.457. The molecule has 202 valence electrons. The minimum atomic E-state index is -3.62. The van der Waals surface area contributed by atoms with Crippen LogP contribution in [0.25, 0.3) is 0 Å². The molecule has 0 aromatic heterocycles. The average molecular weight is 552 g/mol. The van der Waals surface area contributed by atoms with Crippen LogP contribution in [-0.2, 0) is 26.2 Å². The molecular weight excluding hydrogens is 518 g/mol. The first-order valence-electron chi connectivity index (χ1n) is 12.2. The van der Waals surface area contributed by atoms with Gasteiger partial charge in [-0.1, -0.05) is 23.7 Å². The standard InChI is InChI=1S/C26H34ClN3O6S/c1-18(2)28-26(32)19(3)29(17-20-7-9-21(27)10-8-20)25(31)6-5-13-30(37(4,33)34)22-11-12-23-24(16-22)36-15-14-35-23/h7-12,16,18-19H,5-6,13-15,17H2,1-4H3,(H,28,32)/t19-/m1/s1. The number of fused-ring (bicyclic) bond motifs is 1. The number of hydrogen-bond acceptors (Lipinski definition) is 6. The molecule has 1 N–H and O–H groups in total. The second-order valence-electron chi connectivity index (χ2n) is 9.25. The van der Waals surface area contributed by atoms with E-state index in [1.165, 1.54) is 9.21 Å². The lowest BCUT2D eigenvalue weighted by molar-refractivity contribution is -0.140. The number of amides is 2. The number of hydrogen-bond donors (Lipinski definition) is 1. The maximum absolute atomic E-state index is 13.3. The summed E-state index contributed by atoms with van der Waals surface area (Å²) in [5.41, 5.74) is 1.26. The predicted octanol–water partition coefficient (Wildman–Crippen LogP) is 3.60. The second-order valence-corrected chi connectivity index (χ2v) is 11.6. The van der Waals surface area contributed by atoms with Crippen LogP contribution in [0.4, 0.5) is 5.69 Å². The molecule has 2 aromatic rings. The monoisotopic (exact) mass is 551 g/mol. The molecule has 0 unspecified atom stereocenters. The lowest BCUT2D eigenvalue weighted by Crippen LogP contribution is -2.49. The number of halogens is 1. The number of ether oxygens (including phenoxy) is 2. The molecule has 1 aliphatic heterocycles. The number of benzene rings is 2. The van der Waals surface area contributed by atoms with Gasteiger partial charge in [0.05, 0.1) is 11.9 Å². The fraction of sp³-hybridized carbons (Fsp3) is 0.462. The summed E-state index contributed by atoms with van der Waals surface area (Å²) in [4.78, 5) is 27.6. The molecule has 0 radical (unpaired) electrons. The van der Waals surface area contributed by atoms with Crippen molar-refractivity contribution in [2.75, 3.05) is 30.3 Å². The Kier molecular flexibility index (Phi) is 9.67. The Labute approximate surface area is 223 Å². The van der Waals surface area contributed by atoms with Crippen molar-refractivity contribution in [2.45, 2.75) is 52.2 Å². The second kappa shape index (κ2) is 12.5. The first-order valence-corrected chi connectivity index (χ1v) is 14.4. The molecule has 1 atom stereocenters. The number of carbonyl (C=O) groups is 2. The van der Waals surface area contributed by atoms with Gasteiger partial charge >= 0.3 is 0 Å². The molecule has 0 bridgehead atoms. The van der Waals surface area contributed by atoms with Crippen LogP contribution in [0.1, 0.15) is 39.2 Å². The number of sulfonamides is 1. The minimum absolute atomic E-state index is 0.0590. The highest BCUT2D eigenvalue weighted by Crippen LogP contribution is 2.34. The molecule has 9 nitrogen and oxygen atoms in total. The maximum Gasteiger partial charge on any atom is 0.242 e. The van der Waals surface area contributed by atoms with Crippen molar-refractivity contribution in [3.63, 3.8) is 0 Å². The number of rotatable bonds is 11. The van der Waals surface area contributed by atoms with Gasteiger partial charge in [0, 0.05) is 36.6 Å². The normalized spacial score (nSPS) is 13.7. The predicted molar refractivity (Wildman–Crippen MR) is 144 cm³/mol. The molecule has 37 heavy (non-hydrogen) atoms. The topological polar surface area (TPSA) is 105 Å². The van der Waals surface area contributed by atoms with Gasteiger partial charge in [-0.25, -0.2) is 8.42 Å². The molecular formula is C26H34ClN3O6S. The molecule has 1 aliphatic rings. The van der Waals surface area contributed by atoms with Crippen LogP contribution < -0.4 is 19.1 Å². The molecule has 0 saturated carbocycles. The molecule has 0 fully saturated rings. The molecule has 2 aromatic carbocycles. The van der Waals surface area contributed by atoms with E-state index in [0.717, 1.165) is 11.8 Å². The molecule has 1 heterocycles. The number of anilines is 1. The highest BCUT2D eigenvalue weighted by Gasteiger charge is 2.27. The van der Waals surface area contributed by atoms with Gasteiger partial charge in [-0.15, -0.1) is 0 Å². The number of nitrogens with zero attached hydrogens (tertiary/aromatic N) is 2. The summed E-state index contributed by atoms with van der Waals surface area (Å²) >= 11 is 5.99. The van der Waals surface area contributed by atoms with Gasteiger partial charge < -0.3 is 19.7 Å². The third-order valence-electron chi connectivity index (χ3n) is 5.83. The van der Waals surface area contributed by atoms with Crippen LogP contribution in [0.2, 0.25) is 5.02 Å². The summed E-state index contributed by atoms with van der Waals surface area (Å²) < 4.78 is 37.5. The van der Waals surface area contributed by atoms with Crippen molar-refractivity contribution >= 4 is 39.1 Å². The SMILES string of the molecule is CC(C)NC(=O)[C@@H](C)N(Cc1ccc(Cl)cc1)C(=O)CCCN(c1ccc2c(c1)OCCO2)S(C)(=O)=O. The largest absolute Gasteiger partial charge is 0.486 e. The van der Waals surface area contributed by atoms with Crippen LogP contribution in [0.3, 0.4) is 0 Å². The van der Waals surface area contributed by atoms with E-state index < -0.39 is 16.1 Å². The molecule has 2 amide bonds. The van der Waals surface area contributed by atoms with Gasteiger partial charge in [0.1, 0.15) is 19.3 Å². The smallest absolute Gasteiger partial charge is 0.242 e. The summed E-state index contributed by atoms with van der Waals surface area (Å²) in [6.07, 6.45) is 1.44. The van der Waals surface area contributed by atoms with E-state index in [1.54, 1.807) is 37.3 Å². The molecule has 11 heteroatoms.